The van der Waals surface area contributed by atoms with Gasteiger partial charge >= 0.3 is 0 Å². The van der Waals surface area contributed by atoms with Crippen LogP contribution in [0.5, 0.6) is 5.75 Å². The van der Waals surface area contributed by atoms with E-state index in [1.807, 2.05) is 24.3 Å². The molecule has 2 aromatic carbocycles. The molecule has 2 nitrogen and oxygen atoms in total. The summed E-state index contributed by atoms with van der Waals surface area (Å²) in [6.45, 7) is 2.87. The lowest BCUT2D eigenvalue weighted by Crippen LogP contribution is -2.26. The van der Waals surface area contributed by atoms with Gasteiger partial charge in [-0.05, 0) is 41.4 Å². The maximum Gasteiger partial charge on any atom is 0.123 e. The fraction of sp³-hybridized carbons (Fsp3) is 0.222. The predicted octanol–water partition coefficient (Wildman–Crippen LogP) is 4.26. The first-order valence-corrected chi connectivity index (χ1v) is 8.00. The van der Waals surface area contributed by atoms with E-state index in [4.69, 9.17) is 5.73 Å². The van der Waals surface area contributed by atoms with Crippen LogP contribution < -0.4 is 5.73 Å². The molecule has 0 aliphatic heterocycles. The number of aromatic hydroxyl groups is 1. The Morgan fingerprint density at radius 2 is 1.81 bits per heavy atom. The highest BCUT2D eigenvalue weighted by Crippen LogP contribution is 2.42. The Balaban J connectivity index is 2.28. The van der Waals surface area contributed by atoms with Crippen LogP contribution in [0.2, 0.25) is 0 Å². The highest BCUT2D eigenvalue weighted by atomic mass is 32.1. The summed E-state index contributed by atoms with van der Waals surface area (Å²) in [5, 5.41) is 14.2. The molecule has 0 saturated carbocycles. The molecule has 0 bridgehead atoms. The van der Waals surface area contributed by atoms with Crippen molar-refractivity contribution in [3.8, 4) is 5.75 Å². The molecule has 1 atom stereocenters. The highest BCUT2D eigenvalue weighted by Gasteiger charge is 2.31. The zero-order valence-corrected chi connectivity index (χ0v) is 12.9. The fourth-order valence-corrected chi connectivity index (χ4v) is 3.97. The van der Waals surface area contributed by atoms with Gasteiger partial charge in [0.2, 0.25) is 0 Å². The molecule has 1 heterocycles. The highest BCUT2D eigenvalue weighted by molar-refractivity contribution is 7.10. The van der Waals surface area contributed by atoms with Crippen LogP contribution in [0, 0.1) is 0 Å². The molecule has 3 aromatic rings. The molecule has 3 heteroatoms. The van der Waals surface area contributed by atoms with Crippen molar-refractivity contribution in [3.63, 3.8) is 0 Å². The van der Waals surface area contributed by atoms with Gasteiger partial charge in [-0.2, -0.15) is 0 Å². The maximum absolute atomic E-state index is 10.1. The van der Waals surface area contributed by atoms with Crippen LogP contribution in [0.25, 0.3) is 10.8 Å². The minimum absolute atomic E-state index is 0.129. The standard InChI is InChI=1S/C18H19NOS/c1-18(10-11-19,17-7-4-12-21-17)15-8-9-16(20)14-6-3-2-5-13(14)15/h2-9,12,20H,10-11,19H2,1H3. The second-order valence-corrected chi connectivity index (χ2v) is 6.47. The van der Waals surface area contributed by atoms with E-state index in [2.05, 4.69) is 30.5 Å². The molecule has 0 fully saturated rings. The Morgan fingerprint density at radius 1 is 1.05 bits per heavy atom. The van der Waals surface area contributed by atoms with Crippen LogP contribution >= 0.6 is 11.3 Å². The van der Waals surface area contributed by atoms with E-state index in [-0.39, 0.29) is 5.41 Å². The third-order valence-electron chi connectivity index (χ3n) is 4.20. The molecule has 0 saturated heterocycles. The van der Waals surface area contributed by atoms with Crippen molar-refractivity contribution in [1.82, 2.24) is 0 Å². The maximum atomic E-state index is 10.1. The number of nitrogens with two attached hydrogens (primary N) is 1. The zero-order valence-electron chi connectivity index (χ0n) is 12.0. The van der Waals surface area contributed by atoms with Crippen LogP contribution in [0.4, 0.5) is 0 Å². The molecule has 3 N–H and O–H groups in total. The molecular weight excluding hydrogens is 278 g/mol. The smallest absolute Gasteiger partial charge is 0.123 e. The topological polar surface area (TPSA) is 46.2 Å². The van der Waals surface area contributed by atoms with E-state index in [0.717, 1.165) is 17.2 Å². The summed E-state index contributed by atoms with van der Waals surface area (Å²) in [4.78, 5) is 1.31. The van der Waals surface area contributed by atoms with Gasteiger partial charge in [0.05, 0.1) is 0 Å². The first-order chi connectivity index (χ1) is 10.2. The number of hydrogen-bond donors (Lipinski definition) is 2. The fourth-order valence-electron chi connectivity index (χ4n) is 3.04. The van der Waals surface area contributed by atoms with Gasteiger partial charge in [0.1, 0.15) is 5.75 Å². The average molecular weight is 297 g/mol. The third-order valence-corrected chi connectivity index (χ3v) is 5.34. The van der Waals surface area contributed by atoms with Crippen molar-refractivity contribution in [2.45, 2.75) is 18.8 Å². The summed E-state index contributed by atoms with van der Waals surface area (Å²) in [5.41, 5.74) is 6.98. The van der Waals surface area contributed by atoms with Gasteiger partial charge in [0.25, 0.3) is 0 Å². The lowest BCUT2D eigenvalue weighted by molar-refractivity contribution is 0.480. The van der Waals surface area contributed by atoms with E-state index in [1.54, 1.807) is 17.4 Å². The van der Waals surface area contributed by atoms with Crippen molar-refractivity contribution in [1.29, 1.82) is 0 Å². The quantitative estimate of drug-likeness (QED) is 0.755. The van der Waals surface area contributed by atoms with E-state index < -0.39 is 0 Å². The molecule has 1 aromatic heterocycles. The second-order valence-electron chi connectivity index (χ2n) is 5.53. The van der Waals surface area contributed by atoms with Gasteiger partial charge in [-0.15, -0.1) is 11.3 Å². The third kappa shape index (κ3) is 2.33. The number of phenols is 1. The van der Waals surface area contributed by atoms with Crippen LogP contribution in [0.3, 0.4) is 0 Å². The molecule has 0 aliphatic rings. The van der Waals surface area contributed by atoms with Crippen molar-refractivity contribution in [2.75, 3.05) is 6.54 Å². The summed E-state index contributed by atoms with van der Waals surface area (Å²) in [7, 11) is 0. The summed E-state index contributed by atoms with van der Waals surface area (Å²) < 4.78 is 0. The minimum atomic E-state index is -0.129. The van der Waals surface area contributed by atoms with Gasteiger partial charge < -0.3 is 10.8 Å². The van der Waals surface area contributed by atoms with Crippen molar-refractivity contribution < 1.29 is 5.11 Å². The largest absolute Gasteiger partial charge is 0.507 e. The summed E-state index contributed by atoms with van der Waals surface area (Å²) >= 11 is 1.76. The lowest BCUT2D eigenvalue weighted by Gasteiger charge is -2.30. The second kappa shape index (κ2) is 5.51. The number of benzene rings is 2. The van der Waals surface area contributed by atoms with Gasteiger partial charge in [-0.3, -0.25) is 0 Å². The predicted molar refractivity (Wildman–Crippen MR) is 90.1 cm³/mol. The Morgan fingerprint density at radius 3 is 2.48 bits per heavy atom. The molecule has 21 heavy (non-hydrogen) atoms. The normalized spacial score (nSPS) is 14.2. The molecule has 0 spiro atoms. The number of phenolic OH excluding ortho intramolecular Hbond substituents is 1. The first-order valence-electron chi connectivity index (χ1n) is 7.12. The Labute approximate surface area is 128 Å². The summed E-state index contributed by atoms with van der Waals surface area (Å²) in [5.74, 6) is 0.329. The number of thiophene rings is 1. The molecule has 3 rings (SSSR count). The first kappa shape index (κ1) is 14.1. The molecule has 1 unspecified atom stereocenters. The summed E-state index contributed by atoms with van der Waals surface area (Å²) in [6, 6.07) is 16.1. The molecule has 0 amide bonds. The Bertz CT molecular complexity index is 751. The SMILES string of the molecule is CC(CCN)(c1cccs1)c1ccc(O)c2ccccc12. The van der Waals surface area contributed by atoms with Crippen molar-refractivity contribution >= 4 is 22.1 Å². The van der Waals surface area contributed by atoms with Crippen molar-refractivity contribution in [3.05, 3.63) is 64.4 Å². The Kier molecular flexibility index (Phi) is 3.70. The van der Waals surface area contributed by atoms with E-state index in [9.17, 15) is 5.11 Å². The van der Waals surface area contributed by atoms with Crippen LogP contribution in [0.1, 0.15) is 23.8 Å². The van der Waals surface area contributed by atoms with Gasteiger partial charge in [0, 0.05) is 15.7 Å². The molecule has 108 valence electrons. The number of rotatable bonds is 4. The van der Waals surface area contributed by atoms with Crippen LogP contribution in [-0.2, 0) is 5.41 Å². The number of hydrogen-bond acceptors (Lipinski definition) is 3. The van der Waals surface area contributed by atoms with Gasteiger partial charge in [-0.1, -0.05) is 43.3 Å². The minimum Gasteiger partial charge on any atom is -0.507 e. The van der Waals surface area contributed by atoms with Gasteiger partial charge in [0.15, 0.2) is 0 Å². The van der Waals surface area contributed by atoms with E-state index >= 15 is 0 Å². The van der Waals surface area contributed by atoms with E-state index in [0.29, 0.717) is 12.3 Å². The van der Waals surface area contributed by atoms with E-state index in [1.165, 1.54) is 10.4 Å². The van der Waals surface area contributed by atoms with Gasteiger partial charge in [-0.25, -0.2) is 0 Å². The number of fused-ring (bicyclic) bond motifs is 1. The summed E-state index contributed by atoms with van der Waals surface area (Å²) in [6.07, 6.45) is 0.877. The van der Waals surface area contributed by atoms with Crippen LogP contribution in [0.15, 0.2) is 53.9 Å². The molecule has 0 aliphatic carbocycles. The average Bonchev–Trinajstić information content (AvgIpc) is 3.03. The lowest BCUT2D eigenvalue weighted by atomic mass is 9.76. The van der Waals surface area contributed by atoms with Crippen molar-refractivity contribution in [2.24, 2.45) is 5.73 Å². The Hall–Kier alpha value is -1.84. The zero-order chi connectivity index (χ0) is 14.9. The molecular formula is C18H19NOS. The van der Waals surface area contributed by atoms with Crippen LogP contribution in [-0.4, -0.2) is 11.7 Å². The molecule has 0 radical (unpaired) electrons. The monoisotopic (exact) mass is 297 g/mol.